The first-order valence-corrected chi connectivity index (χ1v) is 3.09. The molecule has 0 aromatic heterocycles. The molecule has 7 heteroatoms. The largest absolute Gasteiger partial charge is 0.673 e. The van der Waals surface area contributed by atoms with E-state index in [1.54, 1.807) is 0 Å². The second kappa shape index (κ2) is 4.33. The first kappa shape index (κ1) is 10.4. The smallest absolute Gasteiger partial charge is 0.418 e. The van der Waals surface area contributed by atoms with Gasteiger partial charge in [-0.05, 0) is 0 Å². The standard InChI is InChI=1S/C4H8N2.BF4/c1-6-3-2-5-4-6;2-1(3,4)5/h4H,2-3H2,1H3;/q;-1/p+1. The summed E-state index contributed by atoms with van der Waals surface area (Å²) < 4.78 is 39.0. The Balaban J connectivity index is 0.000000187. The number of rotatable bonds is 0. The molecule has 0 spiro atoms. The van der Waals surface area contributed by atoms with E-state index < -0.39 is 7.25 Å². The van der Waals surface area contributed by atoms with Gasteiger partial charge in [-0.25, -0.2) is 4.99 Å². The highest BCUT2D eigenvalue weighted by Crippen LogP contribution is 2.06. The van der Waals surface area contributed by atoms with Crippen LogP contribution in [0.2, 0.25) is 0 Å². The maximum absolute atomic E-state index is 9.75. The van der Waals surface area contributed by atoms with Crippen LogP contribution in [0.15, 0.2) is 4.99 Å². The van der Waals surface area contributed by atoms with E-state index in [4.69, 9.17) is 0 Å². The van der Waals surface area contributed by atoms with Crippen molar-refractivity contribution in [2.45, 2.75) is 0 Å². The summed E-state index contributed by atoms with van der Waals surface area (Å²) in [5.74, 6) is 0. The van der Waals surface area contributed by atoms with Crippen molar-refractivity contribution in [3.8, 4) is 0 Å². The van der Waals surface area contributed by atoms with Gasteiger partial charge in [-0.15, -0.1) is 0 Å². The van der Waals surface area contributed by atoms with Gasteiger partial charge in [0.1, 0.15) is 6.54 Å². The van der Waals surface area contributed by atoms with Crippen LogP contribution >= 0.6 is 0 Å². The fraction of sp³-hybridized carbons (Fsp3) is 0.750. The first-order valence-electron chi connectivity index (χ1n) is 3.09. The molecule has 0 aromatic carbocycles. The van der Waals surface area contributed by atoms with Crippen LogP contribution < -0.4 is 4.90 Å². The van der Waals surface area contributed by atoms with Gasteiger partial charge in [0, 0.05) is 0 Å². The van der Waals surface area contributed by atoms with Crippen molar-refractivity contribution in [3.63, 3.8) is 0 Å². The fourth-order valence-corrected chi connectivity index (χ4v) is 0.526. The van der Waals surface area contributed by atoms with Crippen LogP contribution in [-0.2, 0) is 0 Å². The van der Waals surface area contributed by atoms with Crippen LogP contribution in [0.3, 0.4) is 0 Å². The Morgan fingerprint density at radius 2 is 1.82 bits per heavy atom. The van der Waals surface area contributed by atoms with Crippen molar-refractivity contribution in [1.82, 2.24) is 0 Å². The molecular weight excluding hydrogens is 163 g/mol. The number of quaternary nitrogens is 1. The van der Waals surface area contributed by atoms with Crippen molar-refractivity contribution in [2.24, 2.45) is 4.99 Å². The molecule has 1 aliphatic rings. The lowest BCUT2D eigenvalue weighted by Gasteiger charge is -1.94. The molecule has 2 nitrogen and oxygen atoms in total. The molecule has 0 radical (unpaired) electrons. The summed E-state index contributed by atoms with van der Waals surface area (Å²) in [6, 6.07) is 0. The normalized spacial score (nSPS) is 22.8. The fourth-order valence-electron chi connectivity index (χ4n) is 0.526. The van der Waals surface area contributed by atoms with Crippen molar-refractivity contribution < 1.29 is 22.2 Å². The monoisotopic (exact) mass is 172 g/mol. The summed E-state index contributed by atoms with van der Waals surface area (Å²) in [7, 11) is -3.89. The molecule has 1 rings (SSSR count). The first-order chi connectivity index (χ1) is 4.89. The highest BCUT2D eigenvalue weighted by Gasteiger charge is 2.20. The summed E-state index contributed by atoms with van der Waals surface area (Å²) in [4.78, 5) is 5.41. The maximum Gasteiger partial charge on any atom is 0.673 e. The van der Waals surface area contributed by atoms with E-state index in [-0.39, 0.29) is 0 Å². The van der Waals surface area contributed by atoms with Crippen molar-refractivity contribution in [1.29, 1.82) is 0 Å². The van der Waals surface area contributed by atoms with Crippen molar-refractivity contribution in [2.75, 3.05) is 20.1 Å². The molecule has 66 valence electrons. The Morgan fingerprint density at radius 1 is 1.36 bits per heavy atom. The number of halogens is 4. The molecule has 11 heavy (non-hydrogen) atoms. The minimum Gasteiger partial charge on any atom is -0.418 e. The molecule has 0 bridgehead atoms. The number of likely N-dealkylation sites (N-methyl/N-ethyl adjacent to an activating group) is 1. The summed E-state index contributed by atoms with van der Waals surface area (Å²) in [5.41, 5.74) is 0. The topological polar surface area (TPSA) is 16.8 Å². The van der Waals surface area contributed by atoms with Crippen LogP contribution in [0.25, 0.3) is 0 Å². The average Bonchev–Trinajstić information content (AvgIpc) is 2.12. The predicted molar refractivity (Wildman–Crippen MR) is 35.3 cm³/mol. The molecule has 1 atom stereocenters. The number of nitrogens with zero attached hydrogens (tertiary/aromatic N) is 1. The van der Waals surface area contributed by atoms with E-state index >= 15 is 0 Å². The molecule has 0 amide bonds. The molecule has 1 heterocycles. The lowest BCUT2D eigenvalue weighted by molar-refractivity contribution is -0.766. The minimum atomic E-state index is -6.00. The number of hydrogen-bond acceptors (Lipinski definition) is 1. The van der Waals surface area contributed by atoms with E-state index in [9.17, 15) is 17.3 Å². The Kier molecular flexibility index (Phi) is 4.10. The third kappa shape index (κ3) is 12.6. The van der Waals surface area contributed by atoms with E-state index in [0.717, 1.165) is 6.54 Å². The maximum atomic E-state index is 9.75. The number of nitrogens with one attached hydrogen (secondary N) is 1. The van der Waals surface area contributed by atoms with E-state index in [1.807, 2.05) is 6.34 Å². The van der Waals surface area contributed by atoms with Crippen LogP contribution in [-0.4, -0.2) is 33.7 Å². The quantitative estimate of drug-likeness (QED) is 0.386. The third-order valence-corrected chi connectivity index (χ3v) is 0.947. The Hall–Kier alpha value is -0.585. The Morgan fingerprint density at radius 3 is 1.91 bits per heavy atom. The zero-order chi connectivity index (χ0) is 8.91. The zero-order valence-corrected chi connectivity index (χ0v) is 6.03. The molecule has 0 saturated heterocycles. The highest BCUT2D eigenvalue weighted by atomic mass is 19.5. The number of hydrogen-bond donors (Lipinski definition) is 1. The molecule has 1 aliphatic heterocycles. The summed E-state index contributed by atoms with van der Waals surface area (Å²) in [6.07, 6.45) is 1.94. The van der Waals surface area contributed by atoms with Gasteiger partial charge in [0.2, 0.25) is 0 Å². The average molecular weight is 172 g/mol. The van der Waals surface area contributed by atoms with Crippen LogP contribution in [0.4, 0.5) is 17.3 Å². The van der Waals surface area contributed by atoms with Gasteiger partial charge >= 0.3 is 7.25 Å². The predicted octanol–water partition coefficient (Wildman–Crippen LogP) is -0.157. The van der Waals surface area contributed by atoms with Crippen molar-refractivity contribution in [3.05, 3.63) is 0 Å². The summed E-state index contributed by atoms with van der Waals surface area (Å²) in [6.45, 7) is 2.20. The summed E-state index contributed by atoms with van der Waals surface area (Å²) >= 11 is 0. The lowest BCUT2D eigenvalue weighted by atomic mass is 10.3. The zero-order valence-electron chi connectivity index (χ0n) is 6.03. The molecule has 1 N–H and O–H groups in total. The molecule has 1 unspecified atom stereocenters. The second-order valence-corrected chi connectivity index (χ2v) is 2.13. The molecule has 0 aromatic rings. The molecule has 0 fully saturated rings. The molecular formula is C4H9BF4N2. The molecule has 0 saturated carbocycles. The van der Waals surface area contributed by atoms with Crippen LogP contribution in [0.1, 0.15) is 0 Å². The summed E-state index contributed by atoms with van der Waals surface area (Å²) in [5, 5.41) is 0. The van der Waals surface area contributed by atoms with Crippen LogP contribution in [0, 0.1) is 0 Å². The third-order valence-electron chi connectivity index (χ3n) is 0.947. The second-order valence-electron chi connectivity index (χ2n) is 2.13. The van der Waals surface area contributed by atoms with Gasteiger partial charge in [-0.2, -0.15) is 0 Å². The van der Waals surface area contributed by atoms with Gasteiger partial charge in [-0.3, -0.25) is 4.90 Å². The van der Waals surface area contributed by atoms with Crippen molar-refractivity contribution >= 4 is 13.6 Å². The van der Waals surface area contributed by atoms with E-state index in [2.05, 4.69) is 12.0 Å². The van der Waals surface area contributed by atoms with Crippen LogP contribution in [0.5, 0.6) is 0 Å². The Labute approximate surface area is 62.0 Å². The minimum absolute atomic E-state index is 1.02. The highest BCUT2D eigenvalue weighted by molar-refractivity contribution is 6.50. The van der Waals surface area contributed by atoms with E-state index in [1.165, 1.54) is 11.4 Å². The molecule has 0 aliphatic carbocycles. The van der Waals surface area contributed by atoms with Gasteiger partial charge in [0.15, 0.2) is 6.34 Å². The van der Waals surface area contributed by atoms with Gasteiger partial charge in [0.25, 0.3) is 0 Å². The van der Waals surface area contributed by atoms with Gasteiger partial charge in [-0.1, -0.05) is 0 Å². The number of aliphatic imine (C=N–C) groups is 1. The SMILES string of the molecule is C[NH+]1C=NCC1.F[B-](F)(F)F. The lowest BCUT2D eigenvalue weighted by Crippen LogP contribution is -3.06. The Bertz CT molecular complexity index is 129. The van der Waals surface area contributed by atoms with Gasteiger partial charge < -0.3 is 17.3 Å². The van der Waals surface area contributed by atoms with Gasteiger partial charge in [0.05, 0.1) is 13.6 Å². The van der Waals surface area contributed by atoms with E-state index in [0.29, 0.717) is 0 Å².